The molecule has 1 fully saturated rings. The van der Waals surface area contributed by atoms with E-state index in [4.69, 9.17) is 0 Å². The molecule has 2 rings (SSSR count). The van der Waals surface area contributed by atoms with Gasteiger partial charge in [0.15, 0.2) is 0 Å². The van der Waals surface area contributed by atoms with E-state index in [9.17, 15) is 10.0 Å². The Hall–Kier alpha value is -0.905. The Morgan fingerprint density at radius 3 is 3.00 bits per heavy atom. The molecule has 1 aromatic rings. The van der Waals surface area contributed by atoms with Gasteiger partial charge in [-0.15, -0.1) is 0 Å². The number of aromatic nitrogens is 1. The molecule has 86 valence electrons. The minimum absolute atomic E-state index is 0.377. The smallest absolute Gasteiger partial charge is 0.422 e. The fraction of sp³-hybridized carbons (Fsp3) is 0.545. The molecule has 0 amide bonds. The highest BCUT2D eigenvalue weighted by Crippen LogP contribution is 2.16. The lowest BCUT2D eigenvalue weighted by molar-refractivity contribution is 0.320. The normalized spacial score (nSPS) is 21.3. The van der Waals surface area contributed by atoms with Crippen molar-refractivity contribution in [2.24, 2.45) is 5.92 Å². The third-order valence-electron chi connectivity index (χ3n) is 3.07. The van der Waals surface area contributed by atoms with Crippen molar-refractivity contribution in [1.29, 1.82) is 0 Å². The molecule has 1 saturated heterocycles. The van der Waals surface area contributed by atoms with Crippen LogP contribution in [0, 0.1) is 5.92 Å². The van der Waals surface area contributed by atoms with Crippen molar-refractivity contribution in [1.82, 2.24) is 9.88 Å². The predicted molar refractivity (Wildman–Crippen MR) is 63.1 cm³/mol. The van der Waals surface area contributed by atoms with E-state index in [1.54, 1.807) is 6.20 Å². The molecule has 0 spiro atoms. The summed E-state index contributed by atoms with van der Waals surface area (Å²) in [6.45, 7) is 5.16. The van der Waals surface area contributed by atoms with Gasteiger partial charge in [-0.3, -0.25) is 9.88 Å². The van der Waals surface area contributed by atoms with Crippen LogP contribution in [0.15, 0.2) is 18.3 Å². The first-order chi connectivity index (χ1) is 7.66. The summed E-state index contributed by atoms with van der Waals surface area (Å²) in [7, 11) is -1.48. The van der Waals surface area contributed by atoms with Crippen LogP contribution in [-0.4, -0.2) is 40.1 Å². The third-order valence-corrected chi connectivity index (χ3v) is 3.07. The Labute approximate surface area is 96.1 Å². The van der Waals surface area contributed by atoms with Gasteiger partial charge in [0.2, 0.25) is 0 Å². The van der Waals surface area contributed by atoms with E-state index in [1.807, 2.05) is 12.1 Å². The largest absolute Gasteiger partial charge is 0.508 e. The maximum Gasteiger partial charge on any atom is 0.508 e. The molecule has 4 nitrogen and oxygen atoms in total. The fourth-order valence-electron chi connectivity index (χ4n) is 2.23. The van der Waals surface area contributed by atoms with E-state index in [-0.39, 0.29) is 0 Å². The van der Waals surface area contributed by atoms with Gasteiger partial charge in [0.25, 0.3) is 0 Å². The van der Waals surface area contributed by atoms with E-state index in [0.717, 1.165) is 31.1 Å². The number of rotatable bonds is 3. The second-order valence-electron chi connectivity index (χ2n) is 4.55. The second-order valence-corrected chi connectivity index (χ2v) is 4.55. The lowest BCUT2D eigenvalue weighted by atomic mass is 9.82. The van der Waals surface area contributed by atoms with Gasteiger partial charge in [0, 0.05) is 19.3 Å². The van der Waals surface area contributed by atoms with Crippen LogP contribution in [0.1, 0.15) is 18.9 Å². The van der Waals surface area contributed by atoms with Crippen molar-refractivity contribution in [2.45, 2.75) is 19.9 Å². The Kier molecular flexibility index (Phi) is 3.58. The van der Waals surface area contributed by atoms with E-state index in [1.165, 1.54) is 6.42 Å². The van der Waals surface area contributed by atoms with Gasteiger partial charge in [-0.05, 0) is 30.5 Å². The molecule has 16 heavy (non-hydrogen) atoms. The van der Waals surface area contributed by atoms with Crippen molar-refractivity contribution in [3.05, 3.63) is 23.9 Å². The zero-order chi connectivity index (χ0) is 11.5. The molecule has 0 radical (unpaired) electrons. The van der Waals surface area contributed by atoms with E-state index >= 15 is 0 Å². The predicted octanol–water partition coefficient (Wildman–Crippen LogP) is -0.397. The Morgan fingerprint density at radius 1 is 1.56 bits per heavy atom. The fourth-order valence-corrected chi connectivity index (χ4v) is 2.23. The van der Waals surface area contributed by atoms with Crippen LogP contribution < -0.4 is 5.59 Å². The maximum absolute atomic E-state index is 9.20. The van der Waals surface area contributed by atoms with E-state index in [2.05, 4.69) is 16.8 Å². The lowest BCUT2D eigenvalue weighted by Gasteiger charge is -2.17. The molecule has 5 heteroatoms. The molecule has 0 saturated carbocycles. The summed E-state index contributed by atoms with van der Waals surface area (Å²) in [6.07, 6.45) is 2.81. The lowest BCUT2D eigenvalue weighted by Crippen LogP contribution is -2.37. The molecule has 0 aliphatic carbocycles. The average Bonchev–Trinajstić information content (AvgIpc) is 2.64. The number of hydrogen-bond donors (Lipinski definition) is 2. The summed E-state index contributed by atoms with van der Waals surface area (Å²) in [5.74, 6) is 0.735. The van der Waals surface area contributed by atoms with Crippen molar-refractivity contribution in [3.63, 3.8) is 0 Å². The van der Waals surface area contributed by atoms with Gasteiger partial charge in [0.05, 0.1) is 5.59 Å². The molecule has 2 heterocycles. The summed E-state index contributed by atoms with van der Waals surface area (Å²) in [4.78, 5) is 6.34. The second kappa shape index (κ2) is 4.95. The Balaban J connectivity index is 2.09. The summed E-state index contributed by atoms with van der Waals surface area (Å²) in [6, 6.07) is 3.74. The van der Waals surface area contributed by atoms with E-state index in [0.29, 0.717) is 5.59 Å². The standard InChI is InChI=1S/C11H17BN2O2/c1-9-4-6-14(7-9)8-10-3-2-5-13-11(10)12(15)16/h2-3,5,9,15-16H,4,6-8H2,1H3. The zero-order valence-electron chi connectivity index (χ0n) is 9.50. The SMILES string of the molecule is CC1CCN(Cc2cccnc2B(O)O)C1. The number of likely N-dealkylation sites (tertiary alicyclic amines) is 1. The van der Waals surface area contributed by atoms with Gasteiger partial charge in [0.1, 0.15) is 0 Å². The maximum atomic E-state index is 9.20. The first-order valence-electron chi connectivity index (χ1n) is 5.69. The monoisotopic (exact) mass is 220 g/mol. The number of nitrogens with zero attached hydrogens (tertiary/aromatic N) is 2. The summed E-state index contributed by atoms with van der Waals surface area (Å²) >= 11 is 0. The van der Waals surface area contributed by atoms with Gasteiger partial charge < -0.3 is 10.0 Å². The highest BCUT2D eigenvalue weighted by atomic mass is 16.4. The van der Waals surface area contributed by atoms with Crippen molar-refractivity contribution in [2.75, 3.05) is 13.1 Å². The van der Waals surface area contributed by atoms with Crippen LogP contribution in [0.25, 0.3) is 0 Å². The molecule has 0 aromatic carbocycles. The molecular weight excluding hydrogens is 203 g/mol. The summed E-state index contributed by atoms with van der Waals surface area (Å²) < 4.78 is 0. The van der Waals surface area contributed by atoms with E-state index < -0.39 is 7.12 Å². The average molecular weight is 220 g/mol. The Bertz CT molecular complexity index is 360. The molecule has 0 bridgehead atoms. The minimum Gasteiger partial charge on any atom is -0.422 e. The van der Waals surface area contributed by atoms with Gasteiger partial charge in [-0.1, -0.05) is 13.0 Å². The molecule has 1 unspecified atom stereocenters. The molecule has 1 atom stereocenters. The van der Waals surface area contributed by atoms with Crippen molar-refractivity contribution < 1.29 is 10.0 Å². The third kappa shape index (κ3) is 2.61. The minimum atomic E-state index is -1.48. The molecule has 2 N–H and O–H groups in total. The first kappa shape index (κ1) is 11.6. The quantitative estimate of drug-likeness (QED) is 0.681. The number of pyridine rings is 1. The van der Waals surface area contributed by atoms with Crippen LogP contribution in [0.5, 0.6) is 0 Å². The van der Waals surface area contributed by atoms with Crippen LogP contribution in [0.4, 0.5) is 0 Å². The summed E-state index contributed by atoms with van der Waals surface area (Å²) in [5, 5.41) is 18.4. The van der Waals surface area contributed by atoms with Crippen LogP contribution in [0.2, 0.25) is 0 Å². The van der Waals surface area contributed by atoms with Crippen molar-refractivity contribution in [3.8, 4) is 0 Å². The number of hydrogen-bond acceptors (Lipinski definition) is 4. The first-order valence-corrected chi connectivity index (χ1v) is 5.69. The van der Waals surface area contributed by atoms with Gasteiger partial charge in [-0.2, -0.15) is 0 Å². The van der Waals surface area contributed by atoms with Gasteiger partial charge in [-0.25, -0.2) is 0 Å². The van der Waals surface area contributed by atoms with Crippen LogP contribution in [0.3, 0.4) is 0 Å². The zero-order valence-corrected chi connectivity index (χ0v) is 9.50. The molecule has 1 aromatic heterocycles. The Morgan fingerprint density at radius 2 is 2.38 bits per heavy atom. The van der Waals surface area contributed by atoms with Gasteiger partial charge >= 0.3 is 7.12 Å². The molecular formula is C11H17BN2O2. The van der Waals surface area contributed by atoms with Crippen LogP contribution in [-0.2, 0) is 6.54 Å². The van der Waals surface area contributed by atoms with Crippen LogP contribution >= 0.6 is 0 Å². The summed E-state index contributed by atoms with van der Waals surface area (Å²) in [5.41, 5.74) is 1.29. The molecule has 1 aliphatic rings. The highest BCUT2D eigenvalue weighted by Gasteiger charge is 2.22. The molecule has 1 aliphatic heterocycles. The highest BCUT2D eigenvalue weighted by molar-refractivity contribution is 6.58. The topological polar surface area (TPSA) is 56.6 Å². The van der Waals surface area contributed by atoms with Crippen molar-refractivity contribution >= 4 is 12.7 Å².